The summed E-state index contributed by atoms with van der Waals surface area (Å²) in [5, 5.41) is 0. The number of imidazole rings is 1. The highest BCUT2D eigenvalue weighted by Gasteiger charge is 2.14. The second kappa shape index (κ2) is 8.57. The van der Waals surface area contributed by atoms with Gasteiger partial charge in [0.1, 0.15) is 5.82 Å². The van der Waals surface area contributed by atoms with Gasteiger partial charge in [0.05, 0.1) is 22.8 Å². The van der Waals surface area contributed by atoms with E-state index in [9.17, 15) is 0 Å². The quantitative estimate of drug-likeness (QED) is 0.678. The molecule has 0 saturated carbocycles. The minimum atomic E-state index is 0.564. The Kier molecular flexibility index (Phi) is 6.47. The number of rotatable bonds is 9. The summed E-state index contributed by atoms with van der Waals surface area (Å²) in [6, 6.07) is 0. The molecule has 4 nitrogen and oxygen atoms in total. The van der Waals surface area contributed by atoms with E-state index < -0.39 is 0 Å². The first kappa shape index (κ1) is 18.1. The Morgan fingerprint density at radius 1 is 1.12 bits per heavy atom. The van der Waals surface area contributed by atoms with Crippen molar-refractivity contribution in [2.24, 2.45) is 7.05 Å². The van der Waals surface area contributed by atoms with Gasteiger partial charge >= 0.3 is 0 Å². The molecule has 0 aliphatic carbocycles. The lowest BCUT2D eigenvalue weighted by Crippen LogP contribution is -2.03. The van der Waals surface area contributed by atoms with Crippen molar-refractivity contribution in [3.63, 3.8) is 0 Å². The fourth-order valence-electron chi connectivity index (χ4n) is 2.99. The van der Waals surface area contributed by atoms with Crippen LogP contribution in [-0.4, -0.2) is 19.5 Å². The van der Waals surface area contributed by atoms with E-state index in [1.807, 2.05) is 6.20 Å². The zero-order valence-corrected chi connectivity index (χ0v) is 15.1. The molecule has 0 bridgehead atoms. The Bertz CT molecular complexity index is 700. The highest BCUT2D eigenvalue weighted by Crippen LogP contribution is 2.24. The van der Waals surface area contributed by atoms with Gasteiger partial charge in [-0.1, -0.05) is 33.4 Å². The fraction of sp³-hybridized carbons (Fsp3) is 0.450. The van der Waals surface area contributed by atoms with E-state index in [2.05, 4.69) is 54.8 Å². The Labute approximate surface area is 145 Å². The van der Waals surface area contributed by atoms with E-state index in [1.165, 1.54) is 18.5 Å². The first-order chi connectivity index (χ1) is 11.6. The van der Waals surface area contributed by atoms with Crippen LogP contribution in [0.1, 0.15) is 67.6 Å². The lowest BCUT2D eigenvalue weighted by molar-refractivity contribution is 0.582. The van der Waals surface area contributed by atoms with Crippen LogP contribution in [-0.2, 0) is 19.9 Å². The molecular weight excluding hydrogens is 296 g/mol. The zero-order chi connectivity index (χ0) is 17.5. The predicted octanol–water partition coefficient (Wildman–Crippen LogP) is 4.58. The van der Waals surface area contributed by atoms with Crippen LogP contribution in [0.3, 0.4) is 0 Å². The fourth-order valence-corrected chi connectivity index (χ4v) is 2.99. The zero-order valence-electron chi connectivity index (χ0n) is 15.1. The van der Waals surface area contributed by atoms with Crippen LogP contribution >= 0.6 is 0 Å². The van der Waals surface area contributed by atoms with Gasteiger partial charge in [-0.25, -0.2) is 9.97 Å². The Balaban J connectivity index is 2.10. The van der Waals surface area contributed by atoms with E-state index in [-0.39, 0.29) is 0 Å². The number of aryl methyl sites for hydroxylation is 3. The molecule has 0 aliphatic heterocycles. The highest BCUT2D eigenvalue weighted by molar-refractivity contribution is 5.56. The molecule has 0 saturated heterocycles. The number of hydrogen-bond donors (Lipinski definition) is 0. The number of aromatic nitrogens is 4. The predicted molar refractivity (Wildman–Crippen MR) is 101 cm³/mol. The van der Waals surface area contributed by atoms with Crippen LogP contribution in [0.5, 0.6) is 0 Å². The summed E-state index contributed by atoms with van der Waals surface area (Å²) in [5.41, 5.74) is 3.74. The molecule has 1 atom stereocenters. The van der Waals surface area contributed by atoms with Gasteiger partial charge < -0.3 is 4.57 Å². The first-order valence-corrected chi connectivity index (χ1v) is 8.75. The van der Waals surface area contributed by atoms with Crippen molar-refractivity contribution < 1.29 is 0 Å². The van der Waals surface area contributed by atoms with E-state index >= 15 is 0 Å². The summed E-state index contributed by atoms with van der Waals surface area (Å²) in [6.45, 7) is 12.0. The van der Waals surface area contributed by atoms with Gasteiger partial charge in [0.2, 0.25) is 0 Å². The summed E-state index contributed by atoms with van der Waals surface area (Å²) >= 11 is 0. The van der Waals surface area contributed by atoms with Crippen LogP contribution in [0.2, 0.25) is 0 Å². The standard InChI is InChI=1S/C20H28N4/c1-6-10-15(7-2)19-14-24(5)20(23-19)12-11-16-13-21-17(8-3)18(9-4)22-16/h8-9,13-15H,3-4,6-7,10-12H2,1-2,5H3. The third-order valence-corrected chi connectivity index (χ3v) is 4.41. The van der Waals surface area contributed by atoms with Gasteiger partial charge in [0, 0.05) is 31.8 Å². The minimum Gasteiger partial charge on any atom is -0.338 e. The summed E-state index contributed by atoms with van der Waals surface area (Å²) in [4.78, 5) is 13.9. The summed E-state index contributed by atoms with van der Waals surface area (Å²) < 4.78 is 2.15. The van der Waals surface area contributed by atoms with E-state index in [0.29, 0.717) is 5.92 Å². The number of nitrogens with zero attached hydrogens (tertiary/aromatic N) is 4. The van der Waals surface area contributed by atoms with Gasteiger partial charge in [-0.2, -0.15) is 0 Å². The topological polar surface area (TPSA) is 43.6 Å². The van der Waals surface area contributed by atoms with Gasteiger partial charge in [-0.05, 0) is 31.4 Å². The van der Waals surface area contributed by atoms with Gasteiger partial charge in [0.25, 0.3) is 0 Å². The van der Waals surface area contributed by atoms with Crippen molar-refractivity contribution in [3.05, 3.63) is 54.2 Å². The average molecular weight is 324 g/mol. The molecule has 0 fully saturated rings. The maximum Gasteiger partial charge on any atom is 0.109 e. The minimum absolute atomic E-state index is 0.564. The SMILES string of the molecule is C=Cc1ncc(CCc2nc(C(CC)CCC)cn2C)nc1C=C. The molecule has 24 heavy (non-hydrogen) atoms. The van der Waals surface area contributed by atoms with Crippen LogP contribution in [0.15, 0.2) is 25.6 Å². The first-order valence-electron chi connectivity index (χ1n) is 8.75. The van der Waals surface area contributed by atoms with Crippen LogP contribution in [0, 0.1) is 0 Å². The van der Waals surface area contributed by atoms with Crippen LogP contribution in [0.25, 0.3) is 12.2 Å². The molecule has 2 aromatic heterocycles. The van der Waals surface area contributed by atoms with Crippen molar-refractivity contribution in [2.75, 3.05) is 0 Å². The maximum absolute atomic E-state index is 4.87. The normalized spacial score (nSPS) is 12.1. The molecule has 0 aromatic carbocycles. The van der Waals surface area contributed by atoms with E-state index in [0.717, 1.165) is 42.2 Å². The van der Waals surface area contributed by atoms with Crippen molar-refractivity contribution in [3.8, 4) is 0 Å². The van der Waals surface area contributed by atoms with Gasteiger partial charge in [-0.3, -0.25) is 4.98 Å². The average Bonchev–Trinajstić information content (AvgIpc) is 2.98. The van der Waals surface area contributed by atoms with Crippen molar-refractivity contribution in [1.29, 1.82) is 0 Å². The molecule has 0 spiro atoms. The lowest BCUT2D eigenvalue weighted by atomic mass is 9.98. The molecule has 1 unspecified atom stereocenters. The Morgan fingerprint density at radius 2 is 1.88 bits per heavy atom. The van der Waals surface area contributed by atoms with E-state index in [1.54, 1.807) is 12.2 Å². The molecule has 2 heterocycles. The molecule has 0 N–H and O–H groups in total. The second-order valence-corrected chi connectivity index (χ2v) is 6.13. The highest BCUT2D eigenvalue weighted by atomic mass is 15.0. The van der Waals surface area contributed by atoms with E-state index in [4.69, 9.17) is 4.98 Å². The summed E-state index contributed by atoms with van der Waals surface area (Å²) in [6.07, 6.45) is 12.6. The van der Waals surface area contributed by atoms with Crippen molar-refractivity contribution in [1.82, 2.24) is 19.5 Å². The molecule has 2 rings (SSSR count). The van der Waals surface area contributed by atoms with Gasteiger partial charge in [-0.15, -0.1) is 0 Å². The summed E-state index contributed by atoms with van der Waals surface area (Å²) in [7, 11) is 2.08. The van der Waals surface area contributed by atoms with Crippen molar-refractivity contribution in [2.45, 2.75) is 51.9 Å². The van der Waals surface area contributed by atoms with Crippen molar-refractivity contribution >= 4 is 12.2 Å². The largest absolute Gasteiger partial charge is 0.338 e. The molecule has 4 heteroatoms. The Morgan fingerprint density at radius 3 is 2.50 bits per heavy atom. The molecule has 0 aliphatic rings. The lowest BCUT2D eigenvalue weighted by Gasteiger charge is -2.09. The smallest absolute Gasteiger partial charge is 0.109 e. The van der Waals surface area contributed by atoms with Crippen LogP contribution in [0.4, 0.5) is 0 Å². The molecule has 128 valence electrons. The monoisotopic (exact) mass is 324 g/mol. The summed E-state index contributed by atoms with van der Waals surface area (Å²) in [5.74, 6) is 1.67. The maximum atomic E-state index is 4.87. The molecule has 0 amide bonds. The molecule has 0 radical (unpaired) electrons. The third-order valence-electron chi connectivity index (χ3n) is 4.41. The number of hydrogen-bond acceptors (Lipinski definition) is 3. The second-order valence-electron chi connectivity index (χ2n) is 6.13. The molecular formula is C20H28N4. The Hall–Kier alpha value is -2.23. The van der Waals surface area contributed by atoms with Crippen LogP contribution < -0.4 is 0 Å². The third kappa shape index (κ3) is 4.19. The molecule has 2 aromatic rings. The van der Waals surface area contributed by atoms with Gasteiger partial charge in [0.15, 0.2) is 0 Å².